The molecule has 1 aliphatic rings. The Morgan fingerprint density at radius 1 is 0.906 bits per heavy atom. The number of H-pyrrole nitrogens is 1. The Kier molecular flexibility index (Phi) is 6.27. The van der Waals surface area contributed by atoms with Gasteiger partial charge in [-0.3, -0.25) is 0 Å². The van der Waals surface area contributed by atoms with Crippen molar-refractivity contribution in [2.24, 2.45) is 0 Å². The van der Waals surface area contributed by atoms with Gasteiger partial charge in [-0.15, -0.1) is 0 Å². The Morgan fingerprint density at radius 2 is 1.59 bits per heavy atom. The van der Waals surface area contributed by atoms with Crippen molar-refractivity contribution in [1.29, 1.82) is 0 Å². The maximum atomic E-state index is 3.51. The smallest absolute Gasteiger partial charge is 0.0458 e. The van der Waals surface area contributed by atoms with Crippen LogP contribution in [-0.2, 0) is 19.5 Å². The standard InChI is InChI=1S/C29H33N3/c1-31-18-8-13-26(31)15-14-25-20-30-29-17-16-27(19-28(25)29)32(21-23-9-4-2-5-10-23)22-24-11-6-3-7-12-24/h2-7,9-12,16-17,19-20,26,30H,8,13-15,18,21-22H2,1H3/t26-/m0/s1. The van der Waals surface area contributed by atoms with Crippen LogP contribution in [0.1, 0.15) is 36.0 Å². The van der Waals surface area contributed by atoms with Gasteiger partial charge in [0.1, 0.15) is 0 Å². The molecule has 1 aromatic heterocycles. The fourth-order valence-corrected chi connectivity index (χ4v) is 5.08. The monoisotopic (exact) mass is 423 g/mol. The van der Waals surface area contributed by atoms with Gasteiger partial charge in [-0.25, -0.2) is 0 Å². The number of likely N-dealkylation sites (tertiary alicyclic amines) is 1. The molecule has 0 aliphatic carbocycles. The van der Waals surface area contributed by atoms with Gasteiger partial charge in [-0.2, -0.15) is 0 Å². The third kappa shape index (κ3) is 4.73. The number of nitrogens with zero attached hydrogens (tertiary/aromatic N) is 2. The van der Waals surface area contributed by atoms with Crippen molar-refractivity contribution < 1.29 is 0 Å². The van der Waals surface area contributed by atoms with E-state index in [-0.39, 0.29) is 0 Å². The van der Waals surface area contributed by atoms with Crippen LogP contribution in [0.2, 0.25) is 0 Å². The SMILES string of the molecule is CN1CCC[C@H]1CCc1c[nH]c2ccc(N(Cc3ccccc3)Cc3ccccc3)cc12. The highest BCUT2D eigenvalue weighted by Gasteiger charge is 2.21. The summed E-state index contributed by atoms with van der Waals surface area (Å²) in [6.07, 6.45) is 7.28. The molecule has 3 nitrogen and oxygen atoms in total. The van der Waals surface area contributed by atoms with E-state index in [2.05, 4.69) is 107 Å². The lowest BCUT2D eigenvalue weighted by atomic mass is 10.0. The largest absolute Gasteiger partial charge is 0.363 e. The van der Waals surface area contributed by atoms with E-state index in [0.29, 0.717) is 0 Å². The third-order valence-corrected chi connectivity index (χ3v) is 6.97. The summed E-state index contributed by atoms with van der Waals surface area (Å²) < 4.78 is 0. The highest BCUT2D eigenvalue weighted by Crippen LogP contribution is 2.29. The molecule has 164 valence electrons. The van der Waals surface area contributed by atoms with Gasteiger partial charge in [0.05, 0.1) is 0 Å². The Bertz CT molecular complexity index is 1090. The first kappa shape index (κ1) is 20.8. The number of aryl methyl sites for hydroxylation is 1. The summed E-state index contributed by atoms with van der Waals surface area (Å²) in [4.78, 5) is 8.53. The van der Waals surface area contributed by atoms with E-state index < -0.39 is 0 Å². The minimum Gasteiger partial charge on any atom is -0.363 e. The summed E-state index contributed by atoms with van der Waals surface area (Å²) >= 11 is 0. The van der Waals surface area contributed by atoms with Crippen molar-refractivity contribution in [3.63, 3.8) is 0 Å². The molecule has 3 aromatic carbocycles. The van der Waals surface area contributed by atoms with E-state index >= 15 is 0 Å². The zero-order chi connectivity index (χ0) is 21.8. The Labute approximate surface area is 191 Å². The van der Waals surface area contributed by atoms with Crippen LogP contribution in [0.4, 0.5) is 5.69 Å². The van der Waals surface area contributed by atoms with Crippen molar-refractivity contribution in [3.8, 4) is 0 Å². The number of benzene rings is 3. The van der Waals surface area contributed by atoms with E-state index in [9.17, 15) is 0 Å². The number of anilines is 1. The van der Waals surface area contributed by atoms with Crippen LogP contribution in [0, 0.1) is 0 Å². The van der Waals surface area contributed by atoms with Gasteiger partial charge in [0, 0.05) is 41.9 Å². The van der Waals surface area contributed by atoms with Crippen molar-refractivity contribution in [1.82, 2.24) is 9.88 Å². The molecule has 3 heteroatoms. The molecule has 1 fully saturated rings. The van der Waals surface area contributed by atoms with Gasteiger partial charge in [0.2, 0.25) is 0 Å². The molecule has 1 N–H and O–H groups in total. The van der Waals surface area contributed by atoms with E-state index in [4.69, 9.17) is 0 Å². The zero-order valence-corrected chi connectivity index (χ0v) is 19.0. The summed E-state index contributed by atoms with van der Waals surface area (Å²) in [7, 11) is 2.27. The predicted molar refractivity (Wildman–Crippen MR) is 135 cm³/mol. The molecule has 2 heterocycles. The lowest BCUT2D eigenvalue weighted by molar-refractivity contribution is 0.297. The van der Waals surface area contributed by atoms with E-state index in [1.165, 1.54) is 59.1 Å². The van der Waals surface area contributed by atoms with E-state index in [0.717, 1.165) is 25.6 Å². The Morgan fingerprint density at radius 3 is 2.22 bits per heavy atom. The van der Waals surface area contributed by atoms with Crippen LogP contribution in [0.25, 0.3) is 10.9 Å². The molecule has 0 bridgehead atoms. The number of fused-ring (bicyclic) bond motifs is 1. The minimum absolute atomic E-state index is 0.732. The fourth-order valence-electron chi connectivity index (χ4n) is 5.08. The van der Waals surface area contributed by atoms with Crippen LogP contribution in [0.3, 0.4) is 0 Å². The topological polar surface area (TPSA) is 22.3 Å². The summed E-state index contributed by atoms with van der Waals surface area (Å²) in [5, 5.41) is 1.37. The normalized spacial score (nSPS) is 16.6. The second kappa shape index (κ2) is 9.62. The molecule has 5 rings (SSSR count). The lowest BCUT2D eigenvalue weighted by Gasteiger charge is -2.25. The lowest BCUT2D eigenvalue weighted by Crippen LogP contribution is -2.25. The number of hydrogen-bond donors (Lipinski definition) is 1. The summed E-state index contributed by atoms with van der Waals surface area (Å²) in [6, 6.07) is 29.2. The Hall–Kier alpha value is -3.04. The van der Waals surface area contributed by atoms with Gasteiger partial charge in [0.15, 0.2) is 0 Å². The molecule has 32 heavy (non-hydrogen) atoms. The highest BCUT2D eigenvalue weighted by atomic mass is 15.1. The quantitative estimate of drug-likeness (QED) is 0.354. The maximum absolute atomic E-state index is 3.51. The maximum Gasteiger partial charge on any atom is 0.0458 e. The first-order valence-electron chi connectivity index (χ1n) is 11.9. The molecule has 4 aromatic rings. The molecular weight excluding hydrogens is 390 g/mol. The molecule has 0 spiro atoms. The fraction of sp³-hybridized carbons (Fsp3) is 0.310. The summed E-state index contributed by atoms with van der Waals surface area (Å²) in [5.41, 5.74) is 6.64. The van der Waals surface area contributed by atoms with Crippen LogP contribution in [-0.4, -0.2) is 29.5 Å². The van der Waals surface area contributed by atoms with Crippen molar-refractivity contribution in [2.75, 3.05) is 18.5 Å². The average Bonchev–Trinajstić information content (AvgIpc) is 3.43. The van der Waals surface area contributed by atoms with Gasteiger partial charge < -0.3 is 14.8 Å². The van der Waals surface area contributed by atoms with Crippen LogP contribution in [0.5, 0.6) is 0 Å². The second-order valence-corrected chi connectivity index (χ2v) is 9.19. The molecule has 0 amide bonds. The van der Waals surface area contributed by atoms with Gasteiger partial charge in [-0.05, 0) is 74.2 Å². The van der Waals surface area contributed by atoms with Gasteiger partial charge in [-0.1, -0.05) is 60.7 Å². The summed E-state index contributed by atoms with van der Waals surface area (Å²) in [6.45, 7) is 3.04. The molecule has 1 aliphatic heterocycles. The van der Waals surface area contributed by atoms with Gasteiger partial charge >= 0.3 is 0 Å². The first-order chi connectivity index (χ1) is 15.8. The number of aromatic amines is 1. The predicted octanol–water partition coefficient (Wildman–Crippen LogP) is 6.40. The molecule has 0 radical (unpaired) electrons. The van der Waals surface area contributed by atoms with Crippen molar-refractivity contribution >= 4 is 16.6 Å². The molecule has 1 saturated heterocycles. The molecule has 0 saturated carbocycles. The van der Waals surface area contributed by atoms with E-state index in [1.54, 1.807) is 0 Å². The van der Waals surface area contributed by atoms with Crippen LogP contribution >= 0.6 is 0 Å². The van der Waals surface area contributed by atoms with E-state index in [1.807, 2.05) is 0 Å². The zero-order valence-electron chi connectivity index (χ0n) is 19.0. The number of hydrogen-bond acceptors (Lipinski definition) is 2. The summed E-state index contributed by atoms with van der Waals surface area (Å²) in [5.74, 6) is 0. The van der Waals surface area contributed by atoms with Gasteiger partial charge in [0.25, 0.3) is 0 Å². The Balaban J connectivity index is 1.42. The number of aromatic nitrogens is 1. The van der Waals surface area contributed by atoms with Crippen LogP contribution in [0.15, 0.2) is 85.1 Å². The second-order valence-electron chi connectivity index (χ2n) is 9.19. The van der Waals surface area contributed by atoms with Crippen LogP contribution < -0.4 is 4.90 Å². The van der Waals surface area contributed by atoms with Crippen molar-refractivity contribution in [2.45, 2.75) is 44.8 Å². The minimum atomic E-state index is 0.732. The molecule has 1 atom stereocenters. The van der Waals surface area contributed by atoms with Crippen molar-refractivity contribution in [3.05, 3.63) is 102 Å². The molecule has 0 unspecified atom stereocenters. The highest BCUT2D eigenvalue weighted by molar-refractivity contribution is 5.86. The first-order valence-corrected chi connectivity index (χ1v) is 11.9. The third-order valence-electron chi connectivity index (χ3n) is 6.97. The number of nitrogens with one attached hydrogen (secondary N) is 1. The molecular formula is C29H33N3. The average molecular weight is 424 g/mol. The number of rotatable bonds is 8.